The minimum Gasteiger partial charge on any atom is -0.337 e. The molecule has 7 nitrogen and oxygen atoms in total. The summed E-state index contributed by atoms with van der Waals surface area (Å²) in [5, 5.41) is 0. The molecule has 1 amide bonds. The SMILES string of the molecule is O=C(c1cn2cccnc2n1)N1CCC(C2NNCC2Cc2ccccc2)CC1. The van der Waals surface area contributed by atoms with Crippen LogP contribution in [-0.2, 0) is 6.42 Å². The number of hydrazine groups is 1. The standard InChI is InChI=1S/C22H26N6O/c29-21(19-15-28-10-4-9-23-22(28)25-19)27-11-7-17(8-12-27)20-18(14-24-26-20)13-16-5-2-1-3-6-16/h1-6,9-10,15,17-18,20,24,26H,7-8,11-14H2. The van der Waals surface area contributed by atoms with Gasteiger partial charge in [-0.05, 0) is 42.7 Å². The Labute approximate surface area is 170 Å². The van der Waals surface area contributed by atoms with Crippen molar-refractivity contribution < 1.29 is 4.79 Å². The number of benzene rings is 1. The summed E-state index contributed by atoms with van der Waals surface area (Å²) < 4.78 is 1.79. The lowest BCUT2D eigenvalue weighted by Crippen LogP contribution is -2.46. The van der Waals surface area contributed by atoms with Crippen molar-refractivity contribution >= 4 is 11.7 Å². The fourth-order valence-electron chi connectivity index (χ4n) is 4.73. The van der Waals surface area contributed by atoms with E-state index in [1.807, 2.05) is 17.2 Å². The molecule has 29 heavy (non-hydrogen) atoms. The number of rotatable bonds is 4. The Bertz CT molecular complexity index is 946. The third-order valence-electron chi connectivity index (χ3n) is 6.27. The van der Waals surface area contributed by atoms with Crippen LogP contribution >= 0.6 is 0 Å². The number of hydrogen-bond acceptors (Lipinski definition) is 5. The molecule has 2 N–H and O–H groups in total. The number of piperidine rings is 1. The quantitative estimate of drug-likeness (QED) is 0.712. The first-order valence-electron chi connectivity index (χ1n) is 10.4. The Kier molecular flexibility index (Phi) is 4.99. The molecule has 0 radical (unpaired) electrons. The van der Waals surface area contributed by atoms with Gasteiger partial charge in [-0.25, -0.2) is 9.97 Å². The fraction of sp³-hybridized carbons (Fsp3) is 0.409. The summed E-state index contributed by atoms with van der Waals surface area (Å²) >= 11 is 0. The maximum atomic E-state index is 12.9. The van der Waals surface area contributed by atoms with Crippen LogP contribution in [0.3, 0.4) is 0 Å². The topological polar surface area (TPSA) is 74.6 Å². The average Bonchev–Trinajstić information content (AvgIpc) is 3.41. The number of carbonyl (C=O) groups excluding carboxylic acids is 1. The normalized spacial score (nSPS) is 23.0. The predicted molar refractivity (Wildman–Crippen MR) is 110 cm³/mol. The van der Waals surface area contributed by atoms with E-state index in [1.54, 1.807) is 16.8 Å². The molecule has 1 aromatic carbocycles. The van der Waals surface area contributed by atoms with E-state index >= 15 is 0 Å². The molecule has 2 fully saturated rings. The first-order valence-corrected chi connectivity index (χ1v) is 10.4. The molecule has 4 heterocycles. The average molecular weight is 390 g/mol. The van der Waals surface area contributed by atoms with Crippen molar-refractivity contribution in [1.29, 1.82) is 0 Å². The van der Waals surface area contributed by atoms with Gasteiger partial charge in [-0.3, -0.25) is 20.0 Å². The van der Waals surface area contributed by atoms with Gasteiger partial charge in [0.1, 0.15) is 5.69 Å². The molecule has 7 heteroatoms. The molecule has 2 aromatic heterocycles. The van der Waals surface area contributed by atoms with Gasteiger partial charge in [0, 0.05) is 44.3 Å². The van der Waals surface area contributed by atoms with Gasteiger partial charge >= 0.3 is 0 Å². The van der Waals surface area contributed by atoms with E-state index in [9.17, 15) is 4.79 Å². The van der Waals surface area contributed by atoms with Crippen molar-refractivity contribution in [2.45, 2.75) is 25.3 Å². The molecule has 2 saturated heterocycles. The van der Waals surface area contributed by atoms with Crippen molar-refractivity contribution in [1.82, 2.24) is 30.1 Å². The summed E-state index contributed by atoms with van der Waals surface area (Å²) in [6, 6.07) is 13.0. The second kappa shape index (κ2) is 7.93. The van der Waals surface area contributed by atoms with Crippen molar-refractivity contribution in [3.8, 4) is 0 Å². The van der Waals surface area contributed by atoms with E-state index in [-0.39, 0.29) is 5.91 Å². The van der Waals surface area contributed by atoms with Gasteiger partial charge in [0.05, 0.1) is 0 Å². The van der Waals surface area contributed by atoms with Crippen LogP contribution in [0.15, 0.2) is 55.0 Å². The highest BCUT2D eigenvalue weighted by molar-refractivity contribution is 5.92. The van der Waals surface area contributed by atoms with Gasteiger partial charge in [0.15, 0.2) is 0 Å². The summed E-state index contributed by atoms with van der Waals surface area (Å²) in [5.41, 5.74) is 8.74. The Hall–Kier alpha value is -2.77. The first kappa shape index (κ1) is 18.3. The lowest BCUT2D eigenvalue weighted by atomic mass is 9.81. The lowest BCUT2D eigenvalue weighted by Gasteiger charge is -2.36. The predicted octanol–water partition coefficient (Wildman–Crippen LogP) is 1.92. The smallest absolute Gasteiger partial charge is 0.274 e. The molecule has 2 unspecified atom stereocenters. The number of aromatic nitrogens is 3. The van der Waals surface area contributed by atoms with Crippen LogP contribution in [0.4, 0.5) is 0 Å². The van der Waals surface area contributed by atoms with Gasteiger partial charge in [-0.1, -0.05) is 30.3 Å². The van der Waals surface area contributed by atoms with Gasteiger partial charge in [0.25, 0.3) is 5.91 Å². The third-order valence-corrected chi connectivity index (χ3v) is 6.27. The second-order valence-electron chi connectivity index (χ2n) is 8.08. The first-order chi connectivity index (χ1) is 14.3. The van der Waals surface area contributed by atoms with Crippen LogP contribution in [0.2, 0.25) is 0 Å². The number of nitrogens with one attached hydrogen (secondary N) is 2. The molecule has 3 aromatic rings. The number of fused-ring (bicyclic) bond motifs is 1. The van der Waals surface area contributed by atoms with Gasteiger partial charge in [-0.2, -0.15) is 0 Å². The zero-order valence-corrected chi connectivity index (χ0v) is 16.4. The van der Waals surface area contributed by atoms with Crippen LogP contribution in [-0.4, -0.2) is 50.9 Å². The molecule has 0 aliphatic carbocycles. The molecule has 0 spiro atoms. The molecule has 2 aliphatic heterocycles. The van der Waals surface area contributed by atoms with E-state index in [0.29, 0.717) is 29.3 Å². The lowest BCUT2D eigenvalue weighted by molar-refractivity contribution is 0.0658. The number of amides is 1. The number of likely N-dealkylation sites (tertiary alicyclic amines) is 1. The second-order valence-corrected chi connectivity index (χ2v) is 8.08. The monoisotopic (exact) mass is 390 g/mol. The Morgan fingerprint density at radius 2 is 1.97 bits per heavy atom. The largest absolute Gasteiger partial charge is 0.337 e. The molecular formula is C22H26N6O. The van der Waals surface area contributed by atoms with Crippen molar-refractivity contribution in [3.05, 3.63) is 66.2 Å². The van der Waals surface area contributed by atoms with Crippen molar-refractivity contribution in [2.24, 2.45) is 11.8 Å². The van der Waals surface area contributed by atoms with Crippen molar-refractivity contribution in [3.63, 3.8) is 0 Å². The number of hydrogen-bond donors (Lipinski definition) is 2. The number of nitrogens with zero attached hydrogens (tertiary/aromatic N) is 4. The van der Waals surface area contributed by atoms with Crippen LogP contribution in [0.25, 0.3) is 5.78 Å². The summed E-state index contributed by atoms with van der Waals surface area (Å²) in [5.74, 6) is 1.72. The maximum absolute atomic E-state index is 12.9. The minimum atomic E-state index is 0.00675. The summed E-state index contributed by atoms with van der Waals surface area (Å²) in [7, 11) is 0. The summed E-state index contributed by atoms with van der Waals surface area (Å²) in [6.07, 6.45) is 8.44. The van der Waals surface area contributed by atoms with Crippen LogP contribution < -0.4 is 10.9 Å². The van der Waals surface area contributed by atoms with Gasteiger partial charge in [-0.15, -0.1) is 0 Å². The Morgan fingerprint density at radius 1 is 1.14 bits per heavy atom. The Morgan fingerprint density at radius 3 is 2.76 bits per heavy atom. The molecule has 0 bridgehead atoms. The molecule has 0 saturated carbocycles. The highest BCUT2D eigenvalue weighted by atomic mass is 16.2. The fourth-order valence-corrected chi connectivity index (χ4v) is 4.73. The highest BCUT2D eigenvalue weighted by Crippen LogP contribution is 2.29. The van der Waals surface area contributed by atoms with E-state index in [1.165, 1.54) is 5.56 Å². The van der Waals surface area contributed by atoms with Crippen LogP contribution in [0, 0.1) is 11.8 Å². The van der Waals surface area contributed by atoms with Crippen LogP contribution in [0.5, 0.6) is 0 Å². The minimum absolute atomic E-state index is 0.00675. The van der Waals surface area contributed by atoms with E-state index in [4.69, 9.17) is 0 Å². The third kappa shape index (κ3) is 3.75. The van der Waals surface area contributed by atoms with E-state index < -0.39 is 0 Å². The van der Waals surface area contributed by atoms with Crippen LogP contribution in [0.1, 0.15) is 28.9 Å². The van der Waals surface area contributed by atoms with E-state index in [0.717, 1.165) is 38.9 Å². The maximum Gasteiger partial charge on any atom is 0.274 e. The van der Waals surface area contributed by atoms with E-state index in [2.05, 4.69) is 51.2 Å². The molecule has 2 atom stereocenters. The van der Waals surface area contributed by atoms with Gasteiger partial charge in [0.2, 0.25) is 5.78 Å². The summed E-state index contributed by atoms with van der Waals surface area (Å²) in [4.78, 5) is 23.4. The molecule has 150 valence electrons. The number of imidazole rings is 1. The molecule has 5 rings (SSSR count). The molecular weight excluding hydrogens is 364 g/mol. The van der Waals surface area contributed by atoms with Crippen molar-refractivity contribution in [2.75, 3.05) is 19.6 Å². The number of carbonyl (C=O) groups is 1. The highest BCUT2D eigenvalue weighted by Gasteiger charge is 2.36. The molecule has 2 aliphatic rings. The van der Waals surface area contributed by atoms with Gasteiger partial charge < -0.3 is 4.90 Å². The zero-order chi connectivity index (χ0) is 19.6. The zero-order valence-electron chi connectivity index (χ0n) is 16.4. The summed E-state index contributed by atoms with van der Waals surface area (Å²) in [6.45, 7) is 2.55. The Balaban J connectivity index is 1.21.